The van der Waals surface area contributed by atoms with E-state index in [1.165, 1.54) is 10.5 Å². The van der Waals surface area contributed by atoms with Gasteiger partial charge in [-0.1, -0.05) is 38.1 Å². The van der Waals surface area contributed by atoms with Gasteiger partial charge in [0, 0.05) is 5.69 Å². The van der Waals surface area contributed by atoms with Crippen molar-refractivity contribution in [1.29, 1.82) is 0 Å². The first-order valence-electron chi connectivity index (χ1n) is 10.1. The highest BCUT2D eigenvalue weighted by Gasteiger charge is 2.66. The van der Waals surface area contributed by atoms with Gasteiger partial charge in [0.05, 0.1) is 31.1 Å². The average Bonchev–Trinajstić information content (AvgIpc) is 3.31. The van der Waals surface area contributed by atoms with Crippen LogP contribution in [0.3, 0.4) is 0 Å². The summed E-state index contributed by atoms with van der Waals surface area (Å²) in [5, 5.41) is 2.93. The van der Waals surface area contributed by atoms with E-state index < -0.39 is 29.5 Å². The molecule has 2 fully saturated rings. The van der Waals surface area contributed by atoms with Crippen molar-refractivity contribution in [1.82, 2.24) is 4.90 Å². The lowest BCUT2D eigenvalue weighted by atomic mass is 9.77. The number of amides is 2. The minimum absolute atomic E-state index is 0.127. The van der Waals surface area contributed by atoms with Gasteiger partial charge in [0.25, 0.3) is 0 Å². The molecule has 29 heavy (non-hydrogen) atoms. The lowest BCUT2D eigenvalue weighted by Gasteiger charge is -2.23. The molecule has 1 aromatic rings. The summed E-state index contributed by atoms with van der Waals surface area (Å²) in [4.78, 5) is 39.4. The molecule has 3 aliphatic rings. The number of rotatable bonds is 6. The summed E-state index contributed by atoms with van der Waals surface area (Å²) < 4.78 is 11.0. The van der Waals surface area contributed by atoms with Crippen molar-refractivity contribution in [2.45, 2.75) is 38.4 Å². The second kappa shape index (κ2) is 7.30. The van der Waals surface area contributed by atoms with Crippen molar-refractivity contribution in [2.24, 2.45) is 11.8 Å². The van der Waals surface area contributed by atoms with Gasteiger partial charge in [-0.05, 0) is 30.5 Å². The molecule has 0 aromatic heterocycles. The molecule has 4 atom stereocenters. The number of carbonyl (C=O) groups is 3. The molecule has 1 aromatic carbocycles. The average molecular weight is 398 g/mol. The van der Waals surface area contributed by atoms with E-state index in [9.17, 15) is 14.4 Å². The lowest BCUT2D eigenvalue weighted by Crippen LogP contribution is -2.41. The molecule has 0 saturated carbocycles. The van der Waals surface area contributed by atoms with Crippen LogP contribution in [0.25, 0.3) is 0 Å². The van der Waals surface area contributed by atoms with Gasteiger partial charge in [-0.25, -0.2) is 0 Å². The number of carbonyl (C=O) groups excluding carboxylic acids is 3. The Morgan fingerprint density at radius 1 is 1.31 bits per heavy atom. The molecule has 2 bridgehead atoms. The van der Waals surface area contributed by atoms with Gasteiger partial charge < -0.3 is 19.7 Å². The number of benzene rings is 1. The van der Waals surface area contributed by atoms with E-state index in [1.54, 1.807) is 6.92 Å². The number of fused-ring (bicyclic) bond motifs is 1. The van der Waals surface area contributed by atoms with E-state index in [1.807, 2.05) is 36.4 Å². The number of nitrogens with one attached hydrogen (secondary N) is 1. The highest BCUT2D eigenvalue weighted by atomic mass is 16.5. The van der Waals surface area contributed by atoms with Crippen molar-refractivity contribution in [3.63, 3.8) is 0 Å². The summed E-state index contributed by atoms with van der Waals surface area (Å²) in [6.07, 6.45) is 3.29. The summed E-state index contributed by atoms with van der Waals surface area (Å²) in [5.74, 6) is -1.77. The van der Waals surface area contributed by atoms with Gasteiger partial charge in [-0.3, -0.25) is 14.4 Å². The highest BCUT2D eigenvalue weighted by Crippen LogP contribution is 2.52. The zero-order valence-corrected chi connectivity index (χ0v) is 16.9. The van der Waals surface area contributed by atoms with Crippen LogP contribution in [0.2, 0.25) is 0 Å². The number of esters is 1. The maximum atomic E-state index is 13.1. The van der Waals surface area contributed by atoms with Gasteiger partial charge in [-0.2, -0.15) is 0 Å². The predicted octanol–water partition coefficient (Wildman–Crippen LogP) is 2.09. The van der Waals surface area contributed by atoms with Crippen LogP contribution < -0.4 is 5.32 Å². The van der Waals surface area contributed by atoms with E-state index >= 15 is 0 Å². The standard InChI is InChI=1S/C22H26N2O5/c1-4-28-17(25)11-24-12-22-10-9-16(29-22)18(19(22)21(24)27)20(26)23-15-7-5-14(6-8-15)13(2)3/h5-10,13,16,18-19H,4,11-12H2,1-3H3,(H,23,26)/t16-,18-,19-,22-/m1/s1. The van der Waals surface area contributed by atoms with E-state index in [2.05, 4.69) is 19.2 Å². The molecule has 3 aliphatic heterocycles. The van der Waals surface area contributed by atoms with Gasteiger partial charge in [-0.15, -0.1) is 0 Å². The first-order valence-corrected chi connectivity index (χ1v) is 10.1. The van der Waals surface area contributed by atoms with Crippen molar-refractivity contribution < 1.29 is 23.9 Å². The summed E-state index contributed by atoms with van der Waals surface area (Å²) in [6.45, 7) is 6.33. The minimum Gasteiger partial charge on any atom is -0.465 e. The Balaban J connectivity index is 1.50. The fourth-order valence-corrected chi connectivity index (χ4v) is 4.55. The Morgan fingerprint density at radius 3 is 2.69 bits per heavy atom. The Hall–Kier alpha value is -2.67. The maximum Gasteiger partial charge on any atom is 0.325 e. The van der Waals surface area contributed by atoms with Gasteiger partial charge in [0.15, 0.2) is 0 Å². The first-order chi connectivity index (χ1) is 13.8. The number of nitrogens with zero attached hydrogens (tertiary/aromatic N) is 1. The summed E-state index contributed by atoms with van der Waals surface area (Å²) in [6, 6.07) is 7.72. The van der Waals surface area contributed by atoms with Crippen molar-refractivity contribution in [3.05, 3.63) is 42.0 Å². The monoisotopic (exact) mass is 398 g/mol. The van der Waals surface area contributed by atoms with Crippen molar-refractivity contribution >= 4 is 23.5 Å². The Kier molecular flexibility index (Phi) is 4.94. The van der Waals surface area contributed by atoms with Crippen molar-refractivity contribution in [2.75, 3.05) is 25.0 Å². The number of ether oxygens (including phenoxy) is 2. The van der Waals surface area contributed by atoms with Crippen LogP contribution in [0.1, 0.15) is 32.3 Å². The normalized spacial score (nSPS) is 29.4. The third-order valence-corrected chi connectivity index (χ3v) is 5.95. The molecule has 1 N–H and O–H groups in total. The molecule has 4 rings (SSSR count). The lowest BCUT2D eigenvalue weighted by molar-refractivity contribution is -0.148. The fourth-order valence-electron chi connectivity index (χ4n) is 4.55. The smallest absolute Gasteiger partial charge is 0.325 e. The molecule has 2 saturated heterocycles. The Bertz CT molecular complexity index is 862. The Labute approximate surface area is 170 Å². The minimum atomic E-state index is -0.836. The van der Waals surface area contributed by atoms with Crippen LogP contribution in [0, 0.1) is 11.8 Å². The molecule has 1 spiro atoms. The van der Waals surface area contributed by atoms with E-state index in [4.69, 9.17) is 9.47 Å². The van der Waals surface area contributed by atoms with Gasteiger partial charge >= 0.3 is 5.97 Å². The molecule has 7 heteroatoms. The number of hydrogen-bond acceptors (Lipinski definition) is 5. The fraction of sp³-hybridized carbons (Fsp3) is 0.500. The zero-order valence-electron chi connectivity index (χ0n) is 16.9. The summed E-state index contributed by atoms with van der Waals surface area (Å²) in [5.41, 5.74) is 1.04. The van der Waals surface area contributed by atoms with Crippen LogP contribution in [0.5, 0.6) is 0 Å². The molecule has 7 nitrogen and oxygen atoms in total. The number of anilines is 1. The Morgan fingerprint density at radius 2 is 2.03 bits per heavy atom. The van der Waals surface area contributed by atoms with Crippen molar-refractivity contribution in [3.8, 4) is 0 Å². The van der Waals surface area contributed by atoms with Gasteiger partial charge in [0.1, 0.15) is 12.1 Å². The summed E-state index contributed by atoms with van der Waals surface area (Å²) >= 11 is 0. The quantitative estimate of drug-likeness (QED) is 0.586. The topological polar surface area (TPSA) is 84.9 Å². The zero-order chi connectivity index (χ0) is 20.8. The molecular formula is C22H26N2O5. The molecule has 154 valence electrons. The van der Waals surface area contributed by atoms with E-state index in [0.29, 0.717) is 11.6 Å². The SMILES string of the molecule is CCOC(=O)CN1C[C@@]23C=C[C@@H](O2)[C@@H](C(=O)Nc2ccc(C(C)C)cc2)[C@@H]3C1=O. The molecule has 0 unspecified atom stereocenters. The molecule has 2 amide bonds. The highest BCUT2D eigenvalue weighted by molar-refractivity contribution is 5.99. The molecular weight excluding hydrogens is 372 g/mol. The van der Waals surface area contributed by atoms with Crippen LogP contribution in [-0.2, 0) is 23.9 Å². The molecule has 0 radical (unpaired) electrons. The number of likely N-dealkylation sites (tertiary alicyclic amines) is 1. The number of hydrogen-bond donors (Lipinski definition) is 1. The predicted molar refractivity (Wildman–Crippen MR) is 106 cm³/mol. The van der Waals surface area contributed by atoms with E-state index in [0.717, 1.165) is 0 Å². The molecule has 0 aliphatic carbocycles. The largest absolute Gasteiger partial charge is 0.465 e. The van der Waals surface area contributed by atoms with Crippen LogP contribution in [-0.4, -0.2) is 54.1 Å². The molecule has 3 heterocycles. The second-order valence-corrected chi connectivity index (χ2v) is 8.17. The third kappa shape index (κ3) is 3.33. The van der Waals surface area contributed by atoms with Gasteiger partial charge in [0.2, 0.25) is 11.8 Å². The van der Waals surface area contributed by atoms with Crippen LogP contribution in [0.4, 0.5) is 5.69 Å². The first kappa shape index (κ1) is 19.6. The van der Waals surface area contributed by atoms with E-state index in [-0.39, 0.29) is 31.5 Å². The maximum absolute atomic E-state index is 13.1. The van der Waals surface area contributed by atoms with Crippen LogP contribution >= 0.6 is 0 Å². The van der Waals surface area contributed by atoms with Crippen LogP contribution in [0.15, 0.2) is 36.4 Å². The third-order valence-electron chi connectivity index (χ3n) is 5.95. The summed E-state index contributed by atoms with van der Waals surface area (Å²) in [7, 11) is 0. The second-order valence-electron chi connectivity index (χ2n) is 8.17.